The molecule has 0 unspecified atom stereocenters. The predicted molar refractivity (Wildman–Crippen MR) is 60.3 cm³/mol. The molecule has 0 bridgehead atoms. The van der Waals surface area contributed by atoms with Crippen molar-refractivity contribution in [2.75, 3.05) is 0 Å². The summed E-state index contributed by atoms with van der Waals surface area (Å²) in [6, 6.07) is 5.46. The lowest BCUT2D eigenvalue weighted by Crippen LogP contribution is -1.95. The van der Waals surface area contributed by atoms with Gasteiger partial charge in [-0.15, -0.1) is 0 Å². The van der Waals surface area contributed by atoms with Crippen LogP contribution < -0.4 is 0 Å². The maximum Gasteiger partial charge on any atom is 0.0830 e. The van der Waals surface area contributed by atoms with Gasteiger partial charge in [-0.1, -0.05) is 30.4 Å². The molecule has 0 aliphatic heterocycles. The summed E-state index contributed by atoms with van der Waals surface area (Å²) in [6.45, 7) is -0.0747. The molecule has 86 valence electrons. The van der Waals surface area contributed by atoms with E-state index in [2.05, 4.69) is 0 Å². The van der Waals surface area contributed by atoms with E-state index in [1.165, 1.54) is 12.2 Å². The number of allylic oxidation sites excluding steroid dienone is 2. The molecule has 0 atom stereocenters. The molecule has 3 heteroatoms. The number of aliphatic hydroxyl groups excluding tert-OH is 1. The van der Waals surface area contributed by atoms with Gasteiger partial charge in [0.05, 0.1) is 19.3 Å². The van der Waals surface area contributed by atoms with Crippen molar-refractivity contribution in [1.82, 2.24) is 0 Å². The fourth-order valence-electron chi connectivity index (χ4n) is 1.50. The zero-order valence-electron chi connectivity index (χ0n) is 8.87. The van der Waals surface area contributed by atoms with Crippen LogP contribution in [0.3, 0.4) is 0 Å². The first-order valence-corrected chi connectivity index (χ1v) is 5.03. The van der Waals surface area contributed by atoms with Crippen LogP contribution in [0.25, 0.3) is 0 Å². The van der Waals surface area contributed by atoms with Crippen molar-refractivity contribution in [2.24, 2.45) is 0 Å². The third-order valence-electron chi connectivity index (χ3n) is 2.31. The molecule has 0 aliphatic carbocycles. The lowest BCUT2D eigenvalue weighted by Gasteiger charge is -2.07. The number of benzene rings is 1. The fourth-order valence-corrected chi connectivity index (χ4v) is 1.50. The van der Waals surface area contributed by atoms with Gasteiger partial charge in [0.1, 0.15) is 0 Å². The Labute approximate surface area is 93.7 Å². The van der Waals surface area contributed by atoms with Crippen LogP contribution in [0, 0.1) is 0 Å². The summed E-state index contributed by atoms with van der Waals surface area (Å²) < 4.78 is 23.8. The Morgan fingerprint density at radius 2 is 1.69 bits per heavy atom. The number of aliphatic hydroxyl groups is 1. The molecule has 1 N–H and O–H groups in total. The topological polar surface area (TPSA) is 20.2 Å². The van der Waals surface area contributed by atoms with Crippen molar-refractivity contribution in [2.45, 2.75) is 19.4 Å². The number of hydrogen-bond donors (Lipinski definition) is 1. The van der Waals surface area contributed by atoms with Crippen molar-refractivity contribution in [1.29, 1.82) is 0 Å². The van der Waals surface area contributed by atoms with Gasteiger partial charge in [0.15, 0.2) is 0 Å². The Hall–Kier alpha value is -1.48. The number of hydrogen-bond acceptors (Lipinski definition) is 1. The summed E-state index contributed by atoms with van der Waals surface area (Å²) >= 11 is 0. The molecule has 16 heavy (non-hydrogen) atoms. The van der Waals surface area contributed by atoms with Crippen LogP contribution in [0.1, 0.15) is 16.7 Å². The highest BCUT2D eigenvalue weighted by molar-refractivity contribution is 5.34. The highest BCUT2D eigenvalue weighted by atomic mass is 19.1. The van der Waals surface area contributed by atoms with Gasteiger partial charge in [-0.2, -0.15) is 0 Å². The smallest absolute Gasteiger partial charge is 0.0830 e. The van der Waals surface area contributed by atoms with Gasteiger partial charge in [0.25, 0.3) is 0 Å². The van der Waals surface area contributed by atoms with Gasteiger partial charge in [-0.05, 0) is 29.5 Å². The maximum atomic E-state index is 11.9. The second-order valence-electron chi connectivity index (χ2n) is 3.39. The van der Waals surface area contributed by atoms with E-state index in [1.807, 2.05) is 12.1 Å². The first kappa shape index (κ1) is 12.6. The molecule has 1 aromatic carbocycles. The molecule has 0 spiro atoms. The largest absolute Gasteiger partial charge is 0.392 e. The summed E-state index contributed by atoms with van der Waals surface area (Å²) in [5.41, 5.74) is 2.57. The van der Waals surface area contributed by atoms with Crippen LogP contribution in [0.2, 0.25) is 0 Å². The Morgan fingerprint density at radius 1 is 1.00 bits per heavy atom. The maximum absolute atomic E-state index is 11.9. The molecular weight excluding hydrogens is 210 g/mol. The SMILES string of the molecule is OCc1ccc(CC=CF)cc1CC=CF. The molecule has 0 aliphatic rings. The van der Waals surface area contributed by atoms with Crippen molar-refractivity contribution in [3.05, 3.63) is 59.7 Å². The molecule has 0 aromatic heterocycles. The van der Waals surface area contributed by atoms with Crippen molar-refractivity contribution >= 4 is 0 Å². The first-order valence-electron chi connectivity index (χ1n) is 5.03. The first-order chi connectivity index (χ1) is 7.81. The number of halogens is 2. The van der Waals surface area contributed by atoms with E-state index in [9.17, 15) is 8.78 Å². The van der Waals surface area contributed by atoms with Gasteiger partial charge in [-0.25, -0.2) is 8.78 Å². The standard InChI is InChI=1S/C13H14F2O/c14-7-1-3-11-5-6-13(10-16)12(9-11)4-2-8-15/h1-2,5-9,16H,3-4,10H2. The monoisotopic (exact) mass is 224 g/mol. The van der Waals surface area contributed by atoms with Gasteiger partial charge < -0.3 is 5.11 Å². The van der Waals surface area contributed by atoms with E-state index < -0.39 is 0 Å². The van der Waals surface area contributed by atoms with Crippen LogP contribution >= 0.6 is 0 Å². The lowest BCUT2D eigenvalue weighted by molar-refractivity contribution is 0.281. The van der Waals surface area contributed by atoms with Crippen molar-refractivity contribution in [3.8, 4) is 0 Å². The highest BCUT2D eigenvalue weighted by Gasteiger charge is 2.01. The Balaban J connectivity index is 2.91. The summed E-state index contributed by atoms with van der Waals surface area (Å²) in [5.74, 6) is 0. The molecule has 0 amide bonds. The molecule has 0 radical (unpaired) electrons. The van der Waals surface area contributed by atoms with Gasteiger partial charge in [-0.3, -0.25) is 0 Å². The highest BCUT2D eigenvalue weighted by Crippen LogP contribution is 2.14. The van der Waals surface area contributed by atoms with Crippen LogP contribution in [-0.4, -0.2) is 5.11 Å². The Bertz CT molecular complexity index is 384. The minimum Gasteiger partial charge on any atom is -0.392 e. The van der Waals surface area contributed by atoms with Gasteiger partial charge in [0, 0.05) is 0 Å². The van der Waals surface area contributed by atoms with Gasteiger partial charge in [0.2, 0.25) is 0 Å². The lowest BCUT2D eigenvalue weighted by atomic mass is 10.0. The average Bonchev–Trinajstić information content (AvgIpc) is 2.33. The molecule has 1 rings (SSSR count). The van der Waals surface area contributed by atoms with Crippen molar-refractivity contribution in [3.63, 3.8) is 0 Å². The zero-order valence-corrected chi connectivity index (χ0v) is 8.87. The van der Waals surface area contributed by atoms with E-state index in [-0.39, 0.29) is 6.61 Å². The minimum absolute atomic E-state index is 0.0747. The van der Waals surface area contributed by atoms with Crippen LogP contribution in [-0.2, 0) is 19.4 Å². The van der Waals surface area contributed by atoms with Crippen LogP contribution in [0.15, 0.2) is 43.0 Å². The zero-order chi connectivity index (χ0) is 11.8. The van der Waals surface area contributed by atoms with E-state index in [0.717, 1.165) is 16.7 Å². The van der Waals surface area contributed by atoms with Crippen LogP contribution in [0.5, 0.6) is 0 Å². The third-order valence-corrected chi connectivity index (χ3v) is 2.31. The molecule has 0 saturated heterocycles. The predicted octanol–water partition coefficient (Wildman–Crippen LogP) is 3.23. The van der Waals surface area contributed by atoms with E-state index >= 15 is 0 Å². The summed E-state index contributed by atoms with van der Waals surface area (Å²) in [6.07, 6.45) is 4.69. The summed E-state index contributed by atoms with van der Waals surface area (Å²) in [4.78, 5) is 0. The second kappa shape index (κ2) is 6.90. The van der Waals surface area contributed by atoms with E-state index in [4.69, 9.17) is 5.11 Å². The van der Waals surface area contributed by atoms with Gasteiger partial charge >= 0.3 is 0 Å². The summed E-state index contributed by atoms with van der Waals surface area (Å²) in [5, 5.41) is 9.09. The molecule has 0 fully saturated rings. The third kappa shape index (κ3) is 3.59. The van der Waals surface area contributed by atoms with E-state index in [1.54, 1.807) is 6.07 Å². The average molecular weight is 224 g/mol. The Kier molecular flexibility index (Phi) is 5.43. The fraction of sp³-hybridized carbons (Fsp3) is 0.231. The second-order valence-corrected chi connectivity index (χ2v) is 3.39. The number of rotatable bonds is 5. The Morgan fingerprint density at radius 3 is 2.31 bits per heavy atom. The summed E-state index contributed by atoms with van der Waals surface area (Å²) in [7, 11) is 0. The van der Waals surface area contributed by atoms with Crippen LogP contribution in [0.4, 0.5) is 8.78 Å². The molecular formula is C13H14F2O. The molecule has 0 saturated carbocycles. The molecule has 1 aromatic rings. The van der Waals surface area contributed by atoms with Crippen molar-refractivity contribution < 1.29 is 13.9 Å². The van der Waals surface area contributed by atoms with E-state index in [0.29, 0.717) is 25.5 Å². The minimum atomic E-state index is -0.0747. The quantitative estimate of drug-likeness (QED) is 0.814. The normalized spacial score (nSPS) is 11.7. The molecule has 0 heterocycles. The molecule has 1 nitrogen and oxygen atoms in total.